The number of benzene rings is 1. The topological polar surface area (TPSA) is 64.4 Å². The second-order valence-corrected chi connectivity index (χ2v) is 7.96. The predicted octanol–water partition coefficient (Wildman–Crippen LogP) is 2.03. The van der Waals surface area contributed by atoms with Crippen molar-refractivity contribution in [3.63, 3.8) is 0 Å². The van der Waals surface area contributed by atoms with Crippen LogP contribution in [0.15, 0.2) is 23.2 Å². The van der Waals surface area contributed by atoms with Crippen molar-refractivity contribution in [2.24, 2.45) is 0 Å². The van der Waals surface area contributed by atoms with Gasteiger partial charge in [-0.15, -0.1) is 0 Å². The summed E-state index contributed by atoms with van der Waals surface area (Å²) in [6, 6.07) is 4.05. The molecule has 0 atom stereocenters. The van der Waals surface area contributed by atoms with Crippen LogP contribution < -0.4 is 9.04 Å². The maximum absolute atomic E-state index is 13.1. The second kappa shape index (κ2) is 4.99. The minimum Gasteiger partial charge on any atom is -0.477 e. The van der Waals surface area contributed by atoms with Gasteiger partial charge in [-0.05, 0) is 43.0 Å². The molecule has 122 valence electrons. The Kier molecular flexibility index (Phi) is 3.16. The molecule has 0 saturated heterocycles. The number of aryl methyl sites for hydroxylation is 3. The van der Waals surface area contributed by atoms with Crippen LogP contribution in [0.3, 0.4) is 0 Å². The molecule has 0 spiro atoms. The van der Waals surface area contributed by atoms with Crippen LogP contribution in [-0.2, 0) is 23.0 Å². The zero-order chi connectivity index (χ0) is 16.2. The molecule has 2 aliphatic rings. The molecule has 0 N–H and O–H groups in total. The molecular formula is C16H19N3O3S. The van der Waals surface area contributed by atoms with Crippen LogP contribution >= 0.6 is 0 Å². The quantitative estimate of drug-likeness (QED) is 0.843. The number of sulfonamides is 1. The van der Waals surface area contributed by atoms with Crippen LogP contribution in [0.25, 0.3) is 0 Å². The van der Waals surface area contributed by atoms with Crippen molar-refractivity contribution < 1.29 is 13.2 Å². The highest BCUT2D eigenvalue weighted by atomic mass is 32.2. The number of hydrogen-bond donors (Lipinski definition) is 0. The SMILES string of the molecule is Cc1cc2c(cc1C)N(S(=O)(=O)c1cnn3c1OCCC3)CC2. The van der Waals surface area contributed by atoms with E-state index >= 15 is 0 Å². The summed E-state index contributed by atoms with van der Waals surface area (Å²) >= 11 is 0. The van der Waals surface area contributed by atoms with E-state index in [9.17, 15) is 8.42 Å². The Morgan fingerprint density at radius 1 is 1.17 bits per heavy atom. The molecule has 23 heavy (non-hydrogen) atoms. The third-order valence-corrected chi connectivity index (χ3v) is 6.42. The molecule has 2 aliphatic heterocycles. The van der Waals surface area contributed by atoms with Gasteiger partial charge in [-0.3, -0.25) is 4.31 Å². The standard InChI is InChI=1S/C16H19N3O3S/c1-11-8-13-4-6-19(14(13)9-12(11)2)23(20,21)15-10-17-18-5-3-7-22-16(15)18/h8-10H,3-7H2,1-2H3. The van der Waals surface area contributed by atoms with E-state index < -0.39 is 10.0 Å². The molecule has 0 bridgehead atoms. The van der Waals surface area contributed by atoms with Gasteiger partial charge in [-0.2, -0.15) is 5.10 Å². The fourth-order valence-electron chi connectivity index (χ4n) is 3.23. The van der Waals surface area contributed by atoms with Crippen LogP contribution in [0.4, 0.5) is 5.69 Å². The van der Waals surface area contributed by atoms with Gasteiger partial charge in [0.15, 0.2) is 4.90 Å². The molecule has 2 aromatic rings. The first-order chi connectivity index (χ1) is 11.0. The maximum atomic E-state index is 13.1. The zero-order valence-electron chi connectivity index (χ0n) is 13.2. The van der Waals surface area contributed by atoms with Crippen LogP contribution in [-0.4, -0.2) is 31.3 Å². The second-order valence-electron chi connectivity index (χ2n) is 6.13. The van der Waals surface area contributed by atoms with Gasteiger partial charge in [0.25, 0.3) is 10.0 Å². The van der Waals surface area contributed by atoms with Gasteiger partial charge in [0.05, 0.1) is 18.5 Å². The summed E-state index contributed by atoms with van der Waals surface area (Å²) in [6.45, 7) is 5.74. The van der Waals surface area contributed by atoms with Crippen molar-refractivity contribution in [3.8, 4) is 5.88 Å². The third-order valence-electron chi connectivity index (χ3n) is 4.63. The minimum atomic E-state index is -3.65. The number of rotatable bonds is 2. The van der Waals surface area contributed by atoms with E-state index in [-0.39, 0.29) is 4.90 Å². The lowest BCUT2D eigenvalue weighted by Gasteiger charge is -2.21. The predicted molar refractivity (Wildman–Crippen MR) is 86.5 cm³/mol. The lowest BCUT2D eigenvalue weighted by atomic mass is 10.0. The van der Waals surface area contributed by atoms with Gasteiger partial charge in [-0.25, -0.2) is 13.1 Å². The van der Waals surface area contributed by atoms with Crippen LogP contribution in [0.5, 0.6) is 5.88 Å². The van der Waals surface area contributed by atoms with E-state index in [1.807, 2.05) is 13.0 Å². The Labute approximate surface area is 135 Å². The average Bonchev–Trinajstić information content (AvgIpc) is 3.12. The van der Waals surface area contributed by atoms with Gasteiger partial charge in [-0.1, -0.05) is 6.07 Å². The molecule has 0 saturated carbocycles. The van der Waals surface area contributed by atoms with Gasteiger partial charge in [0, 0.05) is 19.5 Å². The molecule has 1 aromatic heterocycles. The van der Waals surface area contributed by atoms with E-state index in [1.54, 1.807) is 4.68 Å². The fraction of sp³-hybridized carbons (Fsp3) is 0.438. The first kappa shape index (κ1) is 14.6. The summed E-state index contributed by atoms with van der Waals surface area (Å²) in [7, 11) is -3.65. The van der Waals surface area contributed by atoms with Crippen molar-refractivity contribution >= 4 is 15.7 Å². The highest BCUT2D eigenvalue weighted by Crippen LogP contribution is 2.37. The average molecular weight is 333 g/mol. The smallest absolute Gasteiger partial charge is 0.271 e. The van der Waals surface area contributed by atoms with Crippen molar-refractivity contribution in [2.45, 2.75) is 38.1 Å². The number of anilines is 1. The maximum Gasteiger partial charge on any atom is 0.271 e. The first-order valence-corrected chi connectivity index (χ1v) is 9.24. The molecule has 0 fully saturated rings. The molecular weight excluding hydrogens is 314 g/mol. The summed E-state index contributed by atoms with van der Waals surface area (Å²) in [5.74, 6) is 0.369. The van der Waals surface area contributed by atoms with E-state index in [4.69, 9.17) is 4.74 Å². The molecule has 0 radical (unpaired) electrons. The molecule has 4 rings (SSSR count). The zero-order valence-corrected chi connectivity index (χ0v) is 14.1. The first-order valence-electron chi connectivity index (χ1n) is 7.80. The van der Waals surface area contributed by atoms with Gasteiger partial charge in [0.2, 0.25) is 5.88 Å². The Hall–Kier alpha value is -2.02. The fourth-order valence-corrected chi connectivity index (χ4v) is 4.79. The third kappa shape index (κ3) is 2.14. The molecule has 0 unspecified atom stereocenters. The van der Waals surface area contributed by atoms with Crippen molar-refractivity contribution in [3.05, 3.63) is 35.0 Å². The highest BCUT2D eigenvalue weighted by Gasteiger charge is 2.36. The van der Waals surface area contributed by atoms with Crippen molar-refractivity contribution in [2.75, 3.05) is 17.5 Å². The Morgan fingerprint density at radius 2 is 1.96 bits per heavy atom. The summed E-state index contributed by atoms with van der Waals surface area (Å²) in [5, 5.41) is 4.17. The molecule has 0 aliphatic carbocycles. The van der Waals surface area contributed by atoms with Crippen LogP contribution in [0.1, 0.15) is 23.1 Å². The number of ether oxygens (including phenoxy) is 1. The van der Waals surface area contributed by atoms with Gasteiger partial charge in [0.1, 0.15) is 0 Å². The molecule has 6 nitrogen and oxygen atoms in total. The van der Waals surface area contributed by atoms with E-state index in [2.05, 4.69) is 18.1 Å². The van der Waals surface area contributed by atoms with E-state index in [0.29, 0.717) is 25.6 Å². The van der Waals surface area contributed by atoms with Gasteiger partial charge < -0.3 is 4.74 Å². The Bertz CT molecular complexity index is 886. The Balaban J connectivity index is 1.80. The summed E-state index contributed by atoms with van der Waals surface area (Å²) in [6.07, 6.45) is 2.99. The summed E-state index contributed by atoms with van der Waals surface area (Å²) in [5.41, 5.74) is 4.15. The molecule has 7 heteroatoms. The number of hydrogen-bond acceptors (Lipinski definition) is 4. The molecule has 1 aromatic carbocycles. The minimum absolute atomic E-state index is 0.170. The van der Waals surface area contributed by atoms with E-state index in [1.165, 1.54) is 16.1 Å². The number of nitrogens with zero attached hydrogens (tertiary/aromatic N) is 3. The Morgan fingerprint density at radius 3 is 2.78 bits per heavy atom. The number of fused-ring (bicyclic) bond motifs is 2. The molecule has 0 amide bonds. The van der Waals surface area contributed by atoms with Crippen LogP contribution in [0, 0.1) is 13.8 Å². The number of aromatic nitrogens is 2. The summed E-state index contributed by atoms with van der Waals surface area (Å²) in [4.78, 5) is 0.170. The van der Waals surface area contributed by atoms with E-state index in [0.717, 1.165) is 29.7 Å². The van der Waals surface area contributed by atoms with Crippen molar-refractivity contribution in [1.82, 2.24) is 9.78 Å². The van der Waals surface area contributed by atoms with Gasteiger partial charge >= 0.3 is 0 Å². The molecule has 3 heterocycles. The lowest BCUT2D eigenvalue weighted by molar-refractivity contribution is 0.224. The normalized spacial score (nSPS) is 16.9. The van der Waals surface area contributed by atoms with Crippen LogP contribution in [0.2, 0.25) is 0 Å². The highest BCUT2D eigenvalue weighted by molar-refractivity contribution is 7.93. The largest absolute Gasteiger partial charge is 0.477 e. The lowest BCUT2D eigenvalue weighted by Crippen LogP contribution is -2.29. The summed E-state index contributed by atoms with van der Waals surface area (Å²) < 4.78 is 34.9. The monoisotopic (exact) mass is 333 g/mol. The van der Waals surface area contributed by atoms with Crippen molar-refractivity contribution in [1.29, 1.82) is 0 Å².